The third kappa shape index (κ3) is 3.55. The van der Waals surface area contributed by atoms with Crippen molar-refractivity contribution in [2.75, 3.05) is 19.4 Å². The van der Waals surface area contributed by atoms with E-state index in [1.165, 1.54) is 24.0 Å². The van der Waals surface area contributed by atoms with Gasteiger partial charge in [0.25, 0.3) is 5.91 Å². The number of halogens is 5. The standard InChI is InChI=1S/C23H18F5N5O2/c1-32(18-9-35-8-14-10(18)3-4-15(19(14)25)23(26,27)28)22(34)11-5-12-17(6-16(11)24)31-21(29)13-7-30-33(2)20(12)13/h3-7,18H,8-9H2,1-2H3,(H2,29,31)/t18-/m0/s1. The number of rotatable bonds is 2. The van der Waals surface area contributed by atoms with Crippen LogP contribution in [0.4, 0.5) is 27.8 Å². The molecule has 0 spiro atoms. The Labute approximate surface area is 194 Å². The Morgan fingerprint density at radius 1 is 1.23 bits per heavy atom. The van der Waals surface area contributed by atoms with E-state index in [4.69, 9.17) is 10.5 Å². The highest BCUT2D eigenvalue weighted by atomic mass is 19.4. The third-order valence-electron chi connectivity index (χ3n) is 6.28. The number of nitrogens with two attached hydrogens (primary N) is 1. The predicted octanol–water partition coefficient (Wildman–Crippen LogP) is 4.34. The first-order valence-electron chi connectivity index (χ1n) is 10.4. The molecule has 0 aliphatic carbocycles. The zero-order chi connectivity index (χ0) is 25.2. The fraction of sp³-hybridized carbons (Fsp3) is 0.261. The molecule has 0 bridgehead atoms. The second kappa shape index (κ2) is 7.87. The largest absolute Gasteiger partial charge is 0.419 e. The molecule has 0 radical (unpaired) electrons. The first kappa shape index (κ1) is 23.0. The van der Waals surface area contributed by atoms with E-state index in [9.17, 15) is 22.4 Å². The van der Waals surface area contributed by atoms with Crippen LogP contribution in [-0.2, 0) is 24.6 Å². The summed E-state index contributed by atoms with van der Waals surface area (Å²) in [6, 6.07) is 3.24. The Bertz CT molecular complexity index is 1510. The summed E-state index contributed by atoms with van der Waals surface area (Å²) in [5.74, 6) is -2.91. The van der Waals surface area contributed by atoms with Crippen LogP contribution in [0, 0.1) is 11.6 Å². The van der Waals surface area contributed by atoms with Crippen molar-refractivity contribution >= 4 is 33.5 Å². The lowest BCUT2D eigenvalue weighted by Crippen LogP contribution is -2.37. The maximum Gasteiger partial charge on any atom is 0.419 e. The molecule has 12 heteroatoms. The summed E-state index contributed by atoms with van der Waals surface area (Å²) in [4.78, 5) is 18.7. The van der Waals surface area contributed by atoms with Gasteiger partial charge in [0.1, 0.15) is 17.5 Å². The predicted molar refractivity (Wildman–Crippen MR) is 116 cm³/mol. The number of fused-ring (bicyclic) bond motifs is 4. The fourth-order valence-corrected chi connectivity index (χ4v) is 4.47. The number of amides is 1. The van der Waals surface area contributed by atoms with Gasteiger partial charge >= 0.3 is 6.18 Å². The van der Waals surface area contributed by atoms with Crippen LogP contribution >= 0.6 is 0 Å². The van der Waals surface area contributed by atoms with Gasteiger partial charge in [-0.1, -0.05) is 6.07 Å². The molecule has 0 saturated heterocycles. The van der Waals surface area contributed by atoms with Gasteiger partial charge in [0, 0.05) is 31.1 Å². The number of likely N-dealkylation sites (N-methyl/N-ethyl adjacent to an activating group) is 1. The van der Waals surface area contributed by atoms with Gasteiger partial charge in [0.05, 0.1) is 53.0 Å². The molecule has 2 N–H and O–H groups in total. The van der Waals surface area contributed by atoms with E-state index in [-0.39, 0.29) is 41.2 Å². The number of alkyl halides is 3. The van der Waals surface area contributed by atoms with Crippen LogP contribution in [0.1, 0.15) is 33.1 Å². The fourth-order valence-electron chi connectivity index (χ4n) is 4.47. The van der Waals surface area contributed by atoms with Crippen molar-refractivity contribution in [3.05, 3.63) is 64.4 Å². The van der Waals surface area contributed by atoms with Crippen molar-refractivity contribution in [1.29, 1.82) is 0 Å². The summed E-state index contributed by atoms with van der Waals surface area (Å²) in [7, 11) is 3.02. The summed E-state index contributed by atoms with van der Waals surface area (Å²) in [5, 5.41) is 5.12. The zero-order valence-corrected chi connectivity index (χ0v) is 18.5. The normalized spacial score (nSPS) is 16.0. The summed E-state index contributed by atoms with van der Waals surface area (Å²) < 4.78 is 75.9. The molecular weight excluding hydrogens is 473 g/mol. The average molecular weight is 491 g/mol. The van der Waals surface area contributed by atoms with Gasteiger partial charge in [-0.05, 0) is 17.7 Å². The van der Waals surface area contributed by atoms with E-state index >= 15 is 4.39 Å². The molecule has 182 valence electrons. The van der Waals surface area contributed by atoms with Crippen LogP contribution in [0.2, 0.25) is 0 Å². The highest BCUT2D eigenvalue weighted by molar-refractivity contribution is 6.10. The van der Waals surface area contributed by atoms with E-state index in [2.05, 4.69) is 10.1 Å². The minimum Gasteiger partial charge on any atom is -0.383 e. The van der Waals surface area contributed by atoms with E-state index in [1.807, 2.05) is 0 Å². The molecular formula is C23H18F5N5O2. The number of carbonyl (C=O) groups is 1. The molecule has 35 heavy (non-hydrogen) atoms. The van der Waals surface area contributed by atoms with Crippen LogP contribution in [0.3, 0.4) is 0 Å². The molecule has 0 unspecified atom stereocenters. The van der Waals surface area contributed by atoms with Gasteiger partial charge < -0.3 is 15.4 Å². The third-order valence-corrected chi connectivity index (χ3v) is 6.28. The lowest BCUT2D eigenvalue weighted by atomic mass is 9.94. The molecule has 5 rings (SSSR count). The molecule has 1 amide bonds. The van der Waals surface area contributed by atoms with Crippen molar-refractivity contribution in [3.63, 3.8) is 0 Å². The molecule has 1 atom stereocenters. The van der Waals surface area contributed by atoms with E-state index in [0.29, 0.717) is 22.4 Å². The number of nitrogens with zero attached hydrogens (tertiary/aromatic N) is 4. The molecule has 3 heterocycles. The Morgan fingerprint density at radius 2 is 1.97 bits per heavy atom. The maximum absolute atomic E-state index is 15.0. The summed E-state index contributed by atoms with van der Waals surface area (Å²) in [5.41, 5.74) is 4.90. The molecule has 7 nitrogen and oxygen atoms in total. The van der Waals surface area contributed by atoms with Crippen molar-refractivity contribution in [2.24, 2.45) is 7.05 Å². The van der Waals surface area contributed by atoms with Gasteiger partial charge in [-0.25, -0.2) is 13.8 Å². The lowest BCUT2D eigenvalue weighted by Gasteiger charge is -2.34. The molecule has 0 saturated carbocycles. The SMILES string of the molecule is CN(C(=O)c1cc2c(cc1F)nc(N)c1cnn(C)c12)[C@H]1COCc2c1ccc(C(F)(F)F)c2F. The zero-order valence-electron chi connectivity index (χ0n) is 18.5. The van der Waals surface area contributed by atoms with Crippen LogP contribution in [0.5, 0.6) is 0 Å². The van der Waals surface area contributed by atoms with Crippen LogP contribution < -0.4 is 5.73 Å². The molecule has 4 aromatic rings. The summed E-state index contributed by atoms with van der Waals surface area (Å²) in [6.45, 7) is -0.473. The monoisotopic (exact) mass is 491 g/mol. The Kier molecular flexibility index (Phi) is 5.16. The van der Waals surface area contributed by atoms with Crippen LogP contribution in [0.25, 0.3) is 21.8 Å². The van der Waals surface area contributed by atoms with Crippen molar-refractivity contribution in [2.45, 2.75) is 18.8 Å². The topological polar surface area (TPSA) is 86.3 Å². The van der Waals surface area contributed by atoms with Crippen molar-refractivity contribution in [1.82, 2.24) is 19.7 Å². The highest BCUT2D eigenvalue weighted by Crippen LogP contribution is 2.38. The van der Waals surface area contributed by atoms with Crippen LogP contribution in [-0.4, -0.2) is 39.2 Å². The van der Waals surface area contributed by atoms with Gasteiger partial charge in [-0.15, -0.1) is 0 Å². The number of anilines is 1. The molecule has 2 aromatic carbocycles. The smallest absolute Gasteiger partial charge is 0.383 e. The number of ether oxygens (including phenoxy) is 1. The first-order chi connectivity index (χ1) is 16.5. The van der Waals surface area contributed by atoms with Gasteiger partial charge in [0.15, 0.2) is 0 Å². The minimum absolute atomic E-state index is 0.0979. The molecule has 1 aliphatic rings. The molecule has 1 aliphatic heterocycles. The number of nitrogen functional groups attached to an aromatic ring is 1. The Morgan fingerprint density at radius 3 is 2.69 bits per heavy atom. The van der Waals surface area contributed by atoms with Gasteiger partial charge in [-0.3, -0.25) is 9.48 Å². The van der Waals surface area contributed by atoms with E-state index in [0.717, 1.165) is 17.0 Å². The van der Waals surface area contributed by atoms with E-state index in [1.54, 1.807) is 7.05 Å². The number of hydrogen-bond donors (Lipinski definition) is 1. The van der Waals surface area contributed by atoms with Crippen molar-refractivity contribution in [3.8, 4) is 0 Å². The second-order valence-corrected chi connectivity index (χ2v) is 8.32. The number of aromatic nitrogens is 3. The first-order valence-corrected chi connectivity index (χ1v) is 10.4. The van der Waals surface area contributed by atoms with Crippen LogP contribution in [0.15, 0.2) is 30.5 Å². The number of benzene rings is 2. The second-order valence-electron chi connectivity index (χ2n) is 8.32. The number of pyridine rings is 1. The van der Waals surface area contributed by atoms with E-state index < -0.39 is 35.3 Å². The van der Waals surface area contributed by atoms with Gasteiger partial charge in [-0.2, -0.15) is 18.3 Å². The number of hydrogen-bond acceptors (Lipinski definition) is 5. The maximum atomic E-state index is 15.0. The minimum atomic E-state index is -4.88. The average Bonchev–Trinajstić information content (AvgIpc) is 3.19. The lowest BCUT2D eigenvalue weighted by molar-refractivity contribution is -0.140. The summed E-state index contributed by atoms with van der Waals surface area (Å²) >= 11 is 0. The number of aryl methyl sites for hydroxylation is 1. The summed E-state index contributed by atoms with van der Waals surface area (Å²) in [6.07, 6.45) is -3.37. The molecule has 2 aromatic heterocycles. The highest BCUT2D eigenvalue weighted by Gasteiger charge is 2.38. The Hall–Kier alpha value is -3.80. The Balaban J connectivity index is 1.58. The van der Waals surface area contributed by atoms with Crippen molar-refractivity contribution < 1.29 is 31.5 Å². The molecule has 0 fully saturated rings. The quantitative estimate of drug-likeness (QED) is 0.422. The number of carbonyl (C=O) groups excluding carboxylic acids is 1. The van der Waals surface area contributed by atoms with Gasteiger partial charge in [0.2, 0.25) is 0 Å².